The minimum atomic E-state index is 1.04. The van der Waals surface area contributed by atoms with Crippen molar-refractivity contribution < 1.29 is 0 Å². The zero-order chi connectivity index (χ0) is 12.3. The fourth-order valence-electron chi connectivity index (χ4n) is 2.05. The highest BCUT2D eigenvalue weighted by Gasteiger charge is 1.98. The molecule has 0 radical (unpaired) electrons. The third-order valence-electron chi connectivity index (χ3n) is 2.78. The first-order valence-electron chi connectivity index (χ1n) is 6.23. The van der Waals surface area contributed by atoms with E-state index in [1.54, 1.807) is 0 Å². The second kappa shape index (κ2) is 5.13. The van der Waals surface area contributed by atoms with Gasteiger partial charge in [0, 0.05) is 5.71 Å². The number of rotatable bonds is 3. The van der Waals surface area contributed by atoms with E-state index in [0.29, 0.717) is 0 Å². The molecule has 0 aliphatic rings. The van der Waals surface area contributed by atoms with Gasteiger partial charge in [0.15, 0.2) is 0 Å². The molecule has 0 bridgehead atoms. The molecule has 0 fully saturated rings. The standard InChI is InChI=1S/C16H19N/c1-4-5-13-6-7-15-11-16(17-12(2)3)9-8-14(15)10-13/h6-11H,4-5H2,1-3H3. The van der Waals surface area contributed by atoms with Gasteiger partial charge in [-0.05, 0) is 48.7 Å². The summed E-state index contributed by atoms with van der Waals surface area (Å²) in [5, 5.41) is 2.58. The molecule has 2 aromatic carbocycles. The van der Waals surface area contributed by atoms with Crippen molar-refractivity contribution in [2.45, 2.75) is 33.6 Å². The Morgan fingerprint density at radius 1 is 1.00 bits per heavy atom. The smallest absolute Gasteiger partial charge is 0.0635 e. The van der Waals surface area contributed by atoms with Crippen molar-refractivity contribution >= 4 is 22.2 Å². The summed E-state index contributed by atoms with van der Waals surface area (Å²) in [7, 11) is 0. The Balaban J connectivity index is 2.43. The summed E-state index contributed by atoms with van der Waals surface area (Å²) >= 11 is 0. The van der Waals surface area contributed by atoms with Gasteiger partial charge in [-0.25, -0.2) is 0 Å². The number of aryl methyl sites for hydroxylation is 1. The largest absolute Gasteiger partial charge is 0.258 e. The van der Waals surface area contributed by atoms with E-state index in [9.17, 15) is 0 Å². The summed E-state index contributed by atoms with van der Waals surface area (Å²) in [4.78, 5) is 4.49. The van der Waals surface area contributed by atoms with Crippen LogP contribution in [0.4, 0.5) is 5.69 Å². The van der Waals surface area contributed by atoms with Gasteiger partial charge in [0.05, 0.1) is 5.69 Å². The van der Waals surface area contributed by atoms with Crippen LogP contribution >= 0.6 is 0 Å². The third-order valence-corrected chi connectivity index (χ3v) is 2.78. The Morgan fingerprint density at radius 3 is 2.41 bits per heavy atom. The molecule has 2 aromatic rings. The Labute approximate surface area is 103 Å². The second-order valence-electron chi connectivity index (χ2n) is 4.67. The molecule has 0 aromatic heterocycles. The predicted molar refractivity (Wildman–Crippen MR) is 76.4 cm³/mol. The van der Waals surface area contributed by atoms with Crippen molar-refractivity contribution in [1.82, 2.24) is 0 Å². The number of fused-ring (bicyclic) bond motifs is 1. The predicted octanol–water partition coefficient (Wildman–Crippen LogP) is 4.90. The van der Waals surface area contributed by atoms with Gasteiger partial charge in [-0.1, -0.05) is 37.6 Å². The maximum absolute atomic E-state index is 4.49. The first-order chi connectivity index (χ1) is 8.19. The number of aliphatic imine (C=N–C) groups is 1. The average Bonchev–Trinajstić information content (AvgIpc) is 2.29. The number of nitrogens with zero attached hydrogens (tertiary/aromatic N) is 1. The molecule has 0 amide bonds. The van der Waals surface area contributed by atoms with Gasteiger partial charge < -0.3 is 0 Å². The van der Waals surface area contributed by atoms with E-state index in [-0.39, 0.29) is 0 Å². The van der Waals surface area contributed by atoms with Crippen molar-refractivity contribution in [3.05, 3.63) is 42.0 Å². The van der Waals surface area contributed by atoms with E-state index < -0.39 is 0 Å². The molecular weight excluding hydrogens is 206 g/mol. The lowest BCUT2D eigenvalue weighted by Gasteiger charge is -2.03. The summed E-state index contributed by atoms with van der Waals surface area (Å²) < 4.78 is 0. The topological polar surface area (TPSA) is 12.4 Å². The van der Waals surface area contributed by atoms with Gasteiger partial charge in [-0.2, -0.15) is 0 Å². The molecule has 0 unspecified atom stereocenters. The van der Waals surface area contributed by atoms with Gasteiger partial charge in [0.25, 0.3) is 0 Å². The molecule has 1 nitrogen and oxygen atoms in total. The molecule has 1 heteroatoms. The van der Waals surface area contributed by atoms with Crippen LogP contribution in [0.15, 0.2) is 41.4 Å². The first kappa shape index (κ1) is 11.8. The third kappa shape index (κ3) is 2.94. The van der Waals surface area contributed by atoms with Gasteiger partial charge in [-0.15, -0.1) is 0 Å². The molecule has 0 saturated carbocycles. The van der Waals surface area contributed by atoms with Crippen LogP contribution in [0, 0.1) is 0 Å². The molecule has 0 aliphatic heterocycles. The summed E-state index contributed by atoms with van der Waals surface area (Å²) in [6.45, 7) is 6.26. The fourth-order valence-corrected chi connectivity index (χ4v) is 2.05. The van der Waals surface area contributed by atoms with E-state index >= 15 is 0 Å². The molecule has 0 aliphatic carbocycles. The normalized spacial score (nSPS) is 10.5. The minimum absolute atomic E-state index is 1.04. The lowest BCUT2D eigenvalue weighted by molar-refractivity contribution is 0.924. The molecule has 0 atom stereocenters. The van der Waals surface area contributed by atoms with Crippen LogP contribution in [0.1, 0.15) is 32.8 Å². The monoisotopic (exact) mass is 225 g/mol. The van der Waals surface area contributed by atoms with Crippen LogP contribution in [-0.4, -0.2) is 5.71 Å². The zero-order valence-electron chi connectivity index (χ0n) is 10.8. The van der Waals surface area contributed by atoms with Crippen LogP contribution in [0.2, 0.25) is 0 Å². The van der Waals surface area contributed by atoms with Gasteiger partial charge in [-0.3, -0.25) is 4.99 Å². The Kier molecular flexibility index (Phi) is 3.58. The molecule has 2 rings (SSSR count). The molecule has 0 spiro atoms. The Bertz CT molecular complexity index is 548. The second-order valence-corrected chi connectivity index (χ2v) is 4.67. The Morgan fingerprint density at radius 2 is 1.71 bits per heavy atom. The van der Waals surface area contributed by atoms with Crippen molar-refractivity contribution in [2.24, 2.45) is 4.99 Å². The number of hydrogen-bond acceptors (Lipinski definition) is 1. The highest BCUT2D eigenvalue weighted by molar-refractivity contribution is 5.88. The van der Waals surface area contributed by atoms with Crippen LogP contribution in [0.3, 0.4) is 0 Å². The highest BCUT2D eigenvalue weighted by atomic mass is 14.7. The van der Waals surface area contributed by atoms with Crippen molar-refractivity contribution in [2.75, 3.05) is 0 Å². The van der Waals surface area contributed by atoms with Crippen LogP contribution in [-0.2, 0) is 6.42 Å². The maximum Gasteiger partial charge on any atom is 0.0635 e. The lowest BCUT2D eigenvalue weighted by atomic mass is 10.0. The van der Waals surface area contributed by atoms with Crippen LogP contribution < -0.4 is 0 Å². The number of hydrogen-bond donors (Lipinski definition) is 0. The SMILES string of the molecule is CCCc1ccc2cc(N=C(C)C)ccc2c1. The van der Waals surface area contributed by atoms with Gasteiger partial charge >= 0.3 is 0 Å². The lowest BCUT2D eigenvalue weighted by Crippen LogP contribution is -1.83. The van der Waals surface area contributed by atoms with E-state index in [4.69, 9.17) is 0 Å². The Hall–Kier alpha value is -1.63. The molecule has 0 saturated heterocycles. The first-order valence-corrected chi connectivity index (χ1v) is 6.23. The summed E-state index contributed by atoms with van der Waals surface area (Å²) in [5.41, 5.74) is 3.55. The zero-order valence-corrected chi connectivity index (χ0v) is 10.8. The minimum Gasteiger partial charge on any atom is -0.258 e. The molecular formula is C16H19N. The highest BCUT2D eigenvalue weighted by Crippen LogP contribution is 2.23. The van der Waals surface area contributed by atoms with E-state index in [1.165, 1.54) is 22.8 Å². The molecule has 0 heterocycles. The fraction of sp³-hybridized carbons (Fsp3) is 0.312. The molecule has 88 valence electrons. The molecule has 17 heavy (non-hydrogen) atoms. The van der Waals surface area contributed by atoms with E-state index in [0.717, 1.165) is 17.8 Å². The molecule has 0 N–H and O–H groups in total. The summed E-state index contributed by atoms with van der Waals surface area (Å²) in [5.74, 6) is 0. The van der Waals surface area contributed by atoms with Crippen LogP contribution in [0.5, 0.6) is 0 Å². The number of benzene rings is 2. The van der Waals surface area contributed by atoms with Crippen molar-refractivity contribution in [1.29, 1.82) is 0 Å². The van der Waals surface area contributed by atoms with Crippen LogP contribution in [0.25, 0.3) is 10.8 Å². The van der Waals surface area contributed by atoms with Crippen molar-refractivity contribution in [3.63, 3.8) is 0 Å². The summed E-state index contributed by atoms with van der Waals surface area (Å²) in [6, 6.07) is 13.1. The average molecular weight is 225 g/mol. The quantitative estimate of drug-likeness (QED) is 0.658. The van der Waals surface area contributed by atoms with Gasteiger partial charge in [0.1, 0.15) is 0 Å². The van der Waals surface area contributed by atoms with E-state index in [1.807, 2.05) is 13.8 Å². The summed E-state index contributed by atoms with van der Waals surface area (Å²) in [6.07, 6.45) is 2.35. The van der Waals surface area contributed by atoms with Gasteiger partial charge in [0.2, 0.25) is 0 Å². The van der Waals surface area contributed by atoms with Crippen molar-refractivity contribution in [3.8, 4) is 0 Å². The maximum atomic E-state index is 4.49. The van der Waals surface area contributed by atoms with E-state index in [2.05, 4.69) is 48.3 Å².